The molecule has 0 atom stereocenters. The predicted molar refractivity (Wildman–Crippen MR) is 49.5 cm³/mol. The van der Waals surface area contributed by atoms with Crippen LogP contribution in [0, 0.1) is 6.92 Å². The van der Waals surface area contributed by atoms with Crippen molar-refractivity contribution in [3.8, 4) is 0 Å². The molecule has 0 heterocycles. The zero-order valence-corrected chi connectivity index (χ0v) is 6.59. The van der Waals surface area contributed by atoms with E-state index >= 15 is 0 Å². The Hall–Kier alpha value is -1.30. The lowest BCUT2D eigenvalue weighted by molar-refractivity contribution is 1.40. The average Bonchev–Trinajstić information content (AvgIpc) is 2.34. The highest BCUT2D eigenvalue weighted by atomic mass is 14.0. The quantitative estimate of drug-likeness (QED) is 0.511. The molecule has 0 saturated carbocycles. The van der Waals surface area contributed by atoms with Crippen molar-refractivity contribution in [2.45, 2.75) is 6.92 Å². The van der Waals surface area contributed by atoms with Crippen molar-refractivity contribution >= 4 is 18.7 Å². The van der Waals surface area contributed by atoms with Gasteiger partial charge in [0.2, 0.25) is 0 Å². The van der Waals surface area contributed by atoms with Gasteiger partial charge in [0.05, 0.1) is 0 Å². The first-order valence-corrected chi connectivity index (χ1v) is 3.75. The minimum atomic E-state index is 1.13. The number of hydrogen-bond donors (Lipinski definition) is 0. The summed E-state index contributed by atoms with van der Waals surface area (Å²) in [5.41, 5.74) is 2.59. The Morgan fingerprint density at radius 3 is 2.91 bits per heavy atom. The molecule has 11 heavy (non-hydrogen) atoms. The Bertz CT molecular complexity index is 422. The van der Waals surface area contributed by atoms with Crippen LogP contribution >= 0.6 is 0 Å². The van der Waals surface area contributed by atoms with E-state index in [9.17, 15) is 0 Å². The summed E-state index contributed by atoms with van der Waals surface area (Å²) in [4.78, 5) is 0. The molecule has 0 heteroatoms. The number of allylic oxidation sites excluding steroid dienone is 1. The summed E-state index contributed by atoms with van der Waals surface area (Å²) in [5.74, 6) is 0. The van der Waals surface area contributed by atoms with Crippen LogP contribution in [0.5, 0.6) is 0 Å². The Labute approximate surface area is 66.2 Å². The third-order valence-electron chi connectivity index (χ3n) is 1.98. The fourth-order valence-electron chi connectivity index (χ4n) is 1.49. The van der Waals surface area contributed by atoms with E-state index in [1.165, 1.54) is 16.3 Å². The van der Waals surface area contributed by atoms with Gasteiger partial charge < -0.3 is 0 Å². The topological polar surface area (TPSA) is 0 Å². The molecule has 0 nitrogen and oxygen atoms in total. The van der Waals surface area contributed by atoms with Crippen molar-refractivity contribution in [3.63, 3.8) is 0 Å². The second-order valence-electron chi connectivity index (χ2n) is 2.95. The van der Waals surface area contributed by atoms with E-state index in [2.05, 4.69) is 43.9 Å². The Kier molecular flexibility index (Phi) is 1.22. The lowest BCUT2D eigenvalue weighted by Gasteiger charge is -1.95. The van der Waals surface area contributed by atoms with Gasteiger partial charge in [-0.3, -0.25) is 0 Å². The van der Waals surface area contributed by atoms with E-state index < -0.39 is 0 Å². The van der Waals surface area contributed by atoms with Gasteiger partial charge in [-0.1, -0.05) is 36.9 Å². The second-order valence-corrected chi connectivity index (χ2v) is 2.95. The van der Waals surface area contributed by atoms with Crippen molar-refractivity contribution in [2.75, 3.05) is 0 Å². The molecule has 0 aliphatic heterocycles. The van der Waals surface area contributed by atoms with Crippen LogP contribution in [0.2, 0.25) is 0 Å². The highest BCUT2D eigenvalue weighted by Gasteiger charge is 1.96. The first kappa shape index (κ1) is 6.41. The maximum atomic E-state index is 3.98. The van der Waals surface area contributed by atoms with E-state index in [0.29, 0.717) is 0 Å². The van der Waals surface area contributed by atoms with E-state index in [-0.39, 0.29) is 0 Å². The molecule has 0 bridgehead atoms. The SMILES string of the molecule is C=c1cc(C)cc2c1=CC=C2. The lowest BCUT2D eigenvalue weighted by atomic mass is 10.1. The van der Waals surface area contributed by atoms with Crippen LogP contribution in [0.25, 0.3) is 18.7 Å². The van der Waals surface area contributed by atoms with E-state index in [0.717, 1.165) is 5.22 Å². The molecule has 1 aromatic rings. The van der Waals surface area contributed by atoms with E-state index in [1.54, 1.807) is 0 Å². The fourth-order valence-corrected chi connectivity index (χ4v) is 1.49. The van der Waals surface area contributed by atoms with Crippen LogP contribution in [0.3, 0.4) is 0 Å². The molecular formula is C11H10. The first-order valence-electron chi connectivity index (χ1n) is 3.75. The van der Waals surface area contributed by atoms with E-state index in [1.807, 2.05) is 0 Å². The predicted octanol–water partition coefficient (Wildman–Crippen LogP) is 1.21. The largest absolute Gasteiger partial charge is 0.0911 e. The van der Waals surface area contributed by atoms with Crippen molar-refractivity contribution in [3.05, 3.63) is 39.8 Å². The van der Waals surface area contributed by atoms with Crippen LogP contribution in [0.1, 0.15) is 11.1 Å². The molecular weight excluding hydrogens is 132 g/mol. The summed E-state index contributed by atoms with van der Waals surface area (Å²) < 4.78 is 0. The molecule has 0 spiro atoms. The van der Waals surface area contributed by atoms with Crippen LogP contribution in [0.15, 0.2) is 18.2 Å². The number of fused-ring (bicyclic) bond motifs is 1. The van der Waals surface area contributed by atoms with Gasteiger partial charge in [-0.25, -0.2) is 0 Å². The zero-order chi connectivity index (χ0) is 7.84. The standard InChI is InChI=1S/C11H10/c1-8-6-9(2)11-5-3-4-10(11)7-8/h3-7H,2H2,1H3. The summed E-state index contributed by atoms with van der Waals surface area (Å²) >= 11 is 0. The second kappa shape index (κ2) is 2.09. The molecule has 0 N–H and O–H groups in total. The normalized spacial score (nSPS) is 12.8. The fraction of sp³-hybridized carbons (Fsp3) is 0.0909. The monoisotopic (exact) mass is 142 g/mol. The molecule has 0 unspecified atom stereocenters. The summed E-state index contributed by atoms with van der Waals surface area (Å²) in [5, 5.41) is 2.40. The molecule has 0 amide bonds. The molecule has 1 aromatic carbocycles. The minimum Gasteiger partial charge on any atom is -0.0911 e. The van der Waals surface area contributed by atoms with E-state index in [4.69, 9.17) is 0 Å². The Balaban J connectivity index is 2.94. The van der Waals surface area contributed by atoms with Crippen molar-refractivity contribution in [2.24, 2.45) is 0 Å². The summed E-state index contributed by atoms with van der Waals surface area (Å²) in [6.45, 7) is 6.08. The maximum absolute atomic E-state index is 3.98. The van der Waals surface area contributed by atoms with Crippen molar-refractivity contribution in [1.29, 1.82) is 0 Å². The van der Waals surface area contributed by atoms with Crippen LogP contribution in [0.4, 0.5) is 0 Å². The maximum Gasteiger partial charge on any atom is -0.0117 e. The average molecular weight is 142 g/mol. The summed E-state index contributed by atoms with van der Waals surface area (Å²) in [6.07, 6.45) is 6.30. The van der Waals surface area contributed by atoms with Crippen molar-refractivity contribution < 1.29 is 0 Å². The smallest absolute Gasteiger partial charge is 0.0117 e. The third-order valence-corrected chi connectivity index (χ3v) is 1.98. The molecule has 0 radical (unpaired) electrons. The molecule has 2 rings (SSSR count). The molecule has 0 aromatic heterocycles. The zero-order valence-electron chi connectivity index (χ0n) is 6.59. The number of benzene rings is 1. The van der Waals surface area contributed by atoms with Gasteiger partial charge >= 0.3 is 0 Å². The highest BCUT2D eigenvalue weighted by molar-refractivity contribution is 5.67. The lowest BCUT2D eigenvalue weighted by Crippen LogP contribution is -2.24. The molecule has 1 aliphatic rings. The first-order chi connectivity index (χ1) is 5.27. The highest BCUT2D eigenvalue weighted by Crippen LogP contribution is 2.02. The molecule has 1 aliphatic carbocycles. The number of hydrogen-bond acceptors (Lipinski definition) is 0. The Morgan fingerprint density at radius 2 is 2.09 bits per heavy atom. The molecule has 0 fully saturated rings. The van der Waals surface area contributed by atoms with Crippen molar-refractivity contribution in [1.82, 2.24) is 0 Å². The summed E-state index contributed by atoms with van der Waals surface area (Å²) in [7, 11) is 0. The third kappa shape index (κ3) is 0.911. The van der Waals surface area contributed by atoms with Gasteiger partial charge in [-0.05, 0) is 28.5 Å². The number of rotatable bonds is 0. The number of aryl methyl sites for hydroxylation is 1. The summed E-state index contributed by atoms with van der Waals surface area (Å²) in [6, 6.07) is 4.30. The molecule has 0 saturated heterocycles. The van der Waals surface area contributed by atoms with Gasteiger partial charge in [0.1, 0.15) is 0 Å². The van der Waals surface area contributed by atoms with Gasteiger partial charge in [-0.2, -0.15) is 0 Å². The van der Waals surface area contributed by atoms with Crippen LogP contribution < -0.4 is 10.4 Å². The van der Waals surface area contributed by atoms with Gasteiger partial charge in [0, 0.05) is 0 Å². The van der Waals surface area contributed by atoms with Gasteiger partial charge in [0.25, 0.3) is 0 Å². The Morgan fingerprint density at radius 1 is 1.27 bits per heavy atom. The molecule has 54 valence electrons. The van der Waals surface area contributed by atoms with Crippen LogP contribution in [-0.2, 0) is 0 Å². The minimum absolute atomic E-state index is 1.13. The van der Waals surface area contributed by atoms with Gasteiger partial charge in [0.15, 0.2) is 0 Å². The van der Waals surface area contributed by atoms with Crippen LogP contribution in [-0.4, -0.2) is 0 Å². The van der Waals surface area contributed by atoms with Gasteiger partial charge in [-0.15, -0.1) is 0 Å².